The van der Waals surface area contributed by atoms with E-state index in [4.69, 9.17) is 14.2 Å². The molecule has 0 bridgehead atoms. The first-order chi connectivity index (χ1) is 36.0. The number of rotatable bonds is 57. The van der Waals surface area contributed by atoms with Crippen LogP contribution in [0.25, 0.3) is 0 Å². The topological polar surface area (TPSA) is 78.9 Å². The molecule has 0 N–H and O–H groups in total. The molecule has 0 spiro atoms. The maximum Gasteiger partial charge on any atom is 0.306 e. The molecular weight excluding hydrogens is 901 g/mol. The molecule has 73 heavy (non-hydrogen) atoms. The minimum absolute atomic E-state index is 0.0826. The molecule has 0 rings (SSSR count). The third-order valence-corrected chi connectivity index (χ3v) is 13.6. The highest BCUT2D eigenvalue weighted by atomic mass is 16.6. The van der Waals surface area contributed by atoms with E-state index in [0.717, 1.165) is 109 Å². The van der Waals surface area contributed by atoms with Gasteiger partial charge in [-0.25, -0.2) is 0 Å². The van der Waals surface area contributed by atoms with E-state index in [9.17, 15) is 14.4 Å². The normalized spacial score (nSPS) is 12.5. The maximum atomic E-state index is 12.8. The van der Waals surface area contributed by atoms with Crippen LogP contribution in [0.1, 0.15) is 316 Å². The standard InChI is InChI=1S/C67H118O6/c1-4-7-10-13-16-19-22-24-26-28-29-30-31-32-33-34-35-36-37-38-39-40-42-43-45-48-51-54-57-60-66(69)72-63-64(62-71-65(68)59-56-53-50-47-21-18-15-12-9-6-3)73-67(70)61-58-55-52-49-46-44-41-27-25-23-20-17-14-11-8-5-2/h12,15,20,22-24,27-29,31-32,41,64H,4-11,13-14,16-19,21,25-26,30,33-40,42-63H2,1-3H3/b15-12-,23-20-,24-22-,29-28-,32-31-,41-27-. The number of esters is 3. The Kier molecular flexibility index (Phi) is 58.7. The Hall–Kier alpha value is -3.15. The highest BCUT2D eigenvalue weighted by molar-refractivity contribution is 5.71. The minimum Gasteiger partial charge on any atom is -0.462 e. The summed E-state index contributed by atoms with van der Waals surface area (Å²) in [5.41, 5.74) is 0. The number of ether oxygens (including phenoxy) is 3. The summed E-state index contributed by atoms with van der Waals surface area (Å²) >= 11 is 0. The first-order valence-corrected chi connectivity index (χ1v) is 31.4. The van der Waals surface area contributed by atoms with Crippen molar-refractivity contribution in [1.29, 1.82) is 0 Å². The lowest BCUT2D eigenvalue weighted by atomic mass is 10.0. The monoisotopic (exact) mass is 1020 g/mol. The summed E-state index contributed by atoms with van der Waals surface area (Å²) in [6.45, 7) is 6.55. The van der Waals surface area contributed by atoms with E-state index in [1.54, 1.807) is 0 Å². The molecule has 0 aliphatic carbocycles. The highest BCUT2D eigenvalue weighted by Crippen LogP contribution is 2.16. The SMILES string of the molecule is CCC/C=C\CCCCCCCC(=O)OCC(COC(=O)CCCCCCCCCCCCCCCC/C=C\C/C=C\C/C=C\CCCCCCC)OC(=O)CCCCCCC/C=C\C/C=C\CCCCCC. The molecule has 0 saturated carbocycles. The second-order valence-corrected chi connectivity index (χ2v) is 21.0. The molecule has 0 fully saturated rings. The van der Waals surface area contributed by atoms with E-state index in [1.165, 1.54) is 167 Å². The van der Waals surface area contributed by atoms with Gasteiger partial charge in [-0.15, -0.1) is 0 Å². The van der Waals surface area contributed by atoms with Gasteiger partial charge in [-0.3, -0.25) is 14.4 Å². The largest absolute Gasteiger partial charge is 0.462 e. The zero-order chi connectivity index (χ0) is 52.9. The summed E-state index contributed by atoms with van der Waals surface area (Å²) in [7, 11) is 0. The van der Waals surface area contributed by atoms with Gasteiger partial charge >= 0.3 is 17.9 Å². The highest BCUT2D eigenvalue weighted by Gasteiger charge is 2.19. The van der Waals surface area contributed by atoms with E-state index in [-0.39, 0.29) is 31.1 Å². The van der Waals surface area contributed by atoms with Gasteiger partial charge in [0, 0.05) is 19.3 Å². The Bertz CT molecular complexity index is 1360. The van der Waals surface area contributed by atoms with Crippen molar-refractivity contribution in [2.24, 2.45) is 0 Å². The van der Waals surface area contributed by atoms with Crippen molar-refractivity contribution >= 4 is 17.9 Å². The Balaban J connectivity index is 4.18. The van der Waals surface area contributed by atoms with Crippen molar-refractivity contribution in [3.63, 3.8) is 0 Å². The first-order valence-electron chi connectivity index (χ1n) is 31.4. The van der Waals surface area contributed by atoms with Crippen LogP contribution in [0.3, 0.4) is 0 Å². The van der Waals surface area contributed by atoms with Crippen molar-refractivity contribution in [1.82, 2.24) is 0 Å². The maximum absolute atomic E-state index is 12.8. The van der Waals surface area contributed by atoms with Gasteiger partial charge in [-0.2, -0.15) is 0 Å². The van der Waals surface area contributed by atoms with Crippen molar-refractivity contribution in [2.75, 3.05) is 13.2 Å². The molecule has 1 unspecified atom stereocenters. The van der Waals surface area contributed by atoms with Gasteiger partial charge in [0.15, 0.2) is 6.10 Å². The smallest absolute Gasteiger partial charge is 0.306 e. The predicted octanol–water partition coefficient (Wildman–Crippen LogP) is 21.3. The number of carbonyl (C=O) groups excluding carboxylic acids is 3. The van der Waals surface area contributed by atoms with E-state index >= 15 is 0 Å². The van der Waals surface area contributed by atoms with Crippen LogP contribution >= 0.6 is 0 Å². The van der Waals surface area contributed by atoms with Gasteiger partial charge in [0.05, 0.1) is 0 Å². The van der Waals surface area contributed by atoms with Crippen molar-refractivity contribution in [3.8, 4) is 0 Å². The summed E-state index contributed by atoms with van der Waals surface area (Å²) in [6.07, 6.45) is 79.2. The lowest BCUT2D eigenvalue weighted by molar-refractivity contribution is -0.167. The number of hydrogen-bond donors (Lipinski definition) is 0. The van der Waals surface area contributed by atoms with E-state index in [0.29, 0.717) is 19.3 Å². The summed E-state index contributed by atoms with van der Waals surface area (Å²) in [5.74, 6) is -0.898. The van der Waals surface area contributed by atoms with Crippen LogP contribution in [0, 0.1) is 0 Å². The van der Waals surface area contributed by atoms with E-state index in [1.807, 2.05) is 0 Å². The Morgan fingerprint density at radius 1 is 0.274 bits per heavy atom. The molecule has 1 atom stereocenters. The molecule has 6 heteroatoms. The second kappa shape index (κ2) is 61.4. The number of hydrogen-bond acceptors (Lipinski definition) is 6. The van der Waals surface area contributed by atoms with Gasteiger partial charge < -0.3 is 14.2 Å². The zero-order valence-electron chi connectivity index (χ0n) is 48.4. The fraction of sp³-hybridized carbons (Fsp3) is 0.776. The lowest BCUT2D eigenvalue weighted by Crippen LogP contribution is -2.30. The molecule has 0 aromatic carbocycles. The van der Waals surface area contributed by atoms with Crippen LogP contribution in [0.5, 0.6) is 0 Å². The molecule has 0 aliphatic heterocycles. The van der Waals surface area contributed by atoms with Crippen LogP contribution in [0.4, 0.5) is 0 Å². The third-order valence-electron chi connectivity index (χ3n) is 13.6. The van der Waals surface area contributed by atoms with Crippen LogP contribution in [-0.2, 0) is 28.6 Å². The van der Waals surface area contributed by atoms with Crippen molar-refractivity contribution < 1.29 is 28.6 Å². The molecule has 0 aromatic rings. The molecule has 0 aromatic heterocycles. The summed E-state index contributed by atoms with van der Waals surface area (Å²) < 4.78 is 16.9. The molecular formula is C67H118O6. The molecule has 6 nitrogen and oxygen atoms in total. The Morgan fingerprint density at radius 3 is 0.849 bits per heavy atom. The molecule has 422 valence electrons. The number of allylic oxidation sites excluding steroid dienone is 12. The summed E-state index contributed by atoms with van der Waals surface area (Å²) in [4.78, 5) is 38.1. The molecule has 0 heterocycles. The van der Waals surface area contributed by atoms with Crippen LogP contribution in [0.2, 0.25) is 0 Å². The van der Waals surface area contributed by atoms with Crippen molar-refractivity contribution in [2.45, 2.75) is 322 Å². The van der Waals surface area contributed by atoms with Gasteiger partial charge in [-0.05, 0) is 109 Å². The minimum atomic E-state index is -0.785. The van der Waals surface area contributed by atoms with Gasteiger partial charge in [0.1, 0.15) is 13.2 Å². The molecule has 0 radical (unpaired) electrons. The molecule has 0 aliphatic rings. The summed E-state index contributed by atoms with van der Waals surface area (Å²) in [5, 5.41) is 0. The second-order valence-electron chi connectivity index (χ2n) is 21.0. The molecule has 0 saturated heterocycles. The average molecular weight is 1020 g/mol. The van der Waals surface area contributed by atoms with Gasteiger partial charge in [0.2, 0.25) is 0 Å². The van der Waals surface area contributed by atoms with Gasteiger partial charge in [-0.1, -0.05) is 261 Å². The molecule has 0 amide bonds. The zero-order valence-corrected chi connectivity index (χ0v) is 48.4. The van der Waals surface area contributed by atoms with E-state index < -0.39 is 6.10 Å². The Morgan fingerprint density at radius 2 is 0.521 bits per heavy atom. The lowest BCUT2D eigenvalue weighted by Gasteiger charge is -2.18. The Labute approximate surface area is 453 Å². The summed E-state index contributed by atoms with van der Waals surface area (Å²) in [6, 6.07) is 0. The fourth-order valence-corrected chi connectivity index (χ4v) is 8.90. The number of carbonyl (C=O) groups is 3. The predicted molar refractivity (Wildman–Crippen MR) is 316 cm³/mol. The fourth-order valence-electron chi connectivity index (χ4n) is 8.90. The third kappa shape index (κ3) is 59.6. The van der Waals surface area contributed by atoms with Crippen LogP contribution in [0.15, 0.2) is 72.9 Å². The van der Waals surface area contributed by atoms with Crippen LogP contribution < -0.4 is 0 Å². The first kappa shape index (κ1) is 69.8. The average Bonchev–Trinajstić information content (AvgIpc) is 3.39. The van der Waals surface area contributed by atoms with Crippen molar-refractivity contribution in [3.05, 3.63) is 72.9 Å². The number of unbranched alkanes of at least 4 members (excludes halogenated alkanes) is 34. The quantitative estimate of drug-likeness (QED) is 0.0261. The van der Waals surface area contributed by atoms with Gasteiger partial charge in [0.25, 0.3) is 0 Å². The van der Waals surface area contributed by atoms with E-state index in [2.05, 4.69) is 93.7 Å². The van der Waals surface area contributed by atoms with Crippen LogP contribution in [-0.4, -0.2) is 37.2 Å².